The largest absolute Gasteiger partial charge is 0.330 e. The van der Waals surface area contributed by atoms with Crippen LogP contribution in [-0.4, -0.2) is 39.3 Å². The Labute approximate surface area is 104 Å². The van der Waals surface area contributed by atoms with E-state index in [0.29, 0.717) is 19.5 Å². The number of hydrogen-bond acceptors (Lipinski definition) is 4. The SMILES string of the molecule is CSCCCCCNS(=O)(=O)CCCCN. The van der Waals surface area contributed by atoms with Crippen LogP contribution in [0.2, 0.25) is 0 Å². The summed E-state index contributed by atoms with van der Waals surface area (Å²) >= 11 is 1.83. The number of sulfonamides is 1. The summed E-state index contributed by atoms with van der Waals surface area (Å²) in [5.74, 6) is 1.36. The van der Waals surface area contributed by atoms with Crippen LogP contribution >= 0.6 is 11.8 Å². The van der Waals surface area contributed by atoms with Crippen LogP contribution < -0.4 is 10.5 Å². The monoisotopic (exact) mass is 268 g/mol. The number of thioether (sulfide) groups is 1. The first-order valence-electron chi connectivity index (χ1n) is 5.78. The van der Waals surface area contributed by atoms with Crippen molar-refractivity contribution >= 4 is 21.8 Å². The first-order chi connectivity index (χ1) is 7.62. The molecule has 16 heavy (non-hydrogen) atoms. The van der Waals surface area contributed by atoms with Crippen LogP contribution in [-0.2, 0) is 10.0 Å². The molecule has 0 saturated carbocycles. The molecule has 0 spiro atoms. The third-order valence-electron chi connectivity index (χ3n) is 2.21. The molecule has 0 aliphatic rings. The summed E-state index contributed by atoms with van der Waals surface area (Å²) in [6.07, 6.45) is 6.69. The summed E-state index contributed by atoms with van der Waals surface area (Å²) < 4.78 is 25.5. The predicted octanol–water partition coefficient (Wildman–Crippen LogP) is 1.18. The lowest BCUT2D eigenvalue weighted by Gasteiger charge is -2.05. The van der Waals surface area contributed by atoms with Crippen LogP contribution in [0.25, 0.3) is 0 Å². The second-order valence-electron chi connectivity index (χ2n) is 3.76. The van der Waals surface area contributed by atoms with Gasteiger partial charge in [0.15, 0.2) is 0 Å². The minimum atomic E-state index is -3.06. The van der Waals surface area contributed by atoms with Crippen LogP contribution in [0.1, 0.15) is 32.1 Å². The van der Waals surface area contributed by atoms with E-state index in [-0.39, 0.29) is 5.75 Å². The maximum atomic E-state index is 11.4. The molecule has 0 saturated heterocycles. The molecule has 98 valence electrons. The van der Waals surface area contributed by atoms with Gasteiger partial charge in [0.2, 0.25) is 10.0 Å². The molecule has 0 aromatic carbocycles. The molecular formula is C10H24N2O2S2. The molecule has 0 heterocycles. The van der Waals surface area contributed by atoms with E-state index in [1.165, 1.54) is 0 Å². The fourth-order valence-corrected chi connectivity index (χ4v) is 2.96. The molecule has 0 rings (SSSR count). The topological polar surface area (TPSA) is 72.2 Å². The first kappa shape index (κ1) is 16.2. The Bertz CT molecular complexity index is 243. The van der Waals surface area contributed by atoms with E-state index in [0.717, 1.165) is 31.4 Å². The standard InChI is InChI=1S/C10H24N2O2S2/c1-15-9-5-2-4-8-12-16(13,14)10-6-3-7-11/h12H,2-11H2,1H3. The summed E-state index contributed by atoms with van der Waals surface area (Å²) in [5, 5.41) is 0. The molecule has 0 amide bonds. The lowest BCUT2D eigenvalue weighted by molar-refractivity contribution is 0.572. The molecule has 0 bridgehead atoms. The minimum absolute atomic E-state index is 0.203. The van der Waals surface area contributed by atoms with Gasteiger partial charge in [0, 0.05) is 6.54 Å². The zero-order valence-electron chi connectivity index (χ0n) is 10.1. The maximum absolute atomic E-state index is 11.4. The smallest absolute Gasteiger partial charge is 0.211 e. The second-order valence-corrected chi connectivity index (χ2v) is 6.67. The lowest BCUT2D eigenvalue weighted by Crippen LogP contribution is -2.27. The minimum Gasteiger partial charge on any atom is -0.330 e. The van der Waals surface area contributed by atoms with Crippen LogP contribution in [0.3, 0.4) is 0 Å². The van der Waals surface area contributed by atoms with E-state index >= 15 is 0 Å². The Kier molecular flexibility index (Phi) is 10.5. The number of hydrogen-bond donors (Lipinski definition) is 2. The maximum Gasteiger partial charge on any atom is 0.211 e. The zero-order chi connectivity index (χ0) is 12.3. The molecule has 0 fully saturated rings. The molecule has 3 N–H and O–H groups in total. The quantitative estimate of drug-likeness (QED) is 0.552. The Balaban J connectivity index is 3.43. The fourth-order valence-electron chi connectivity index (χ4n) is 1.28. The van der Waals surface area contributed by atoms with E-state index in [9.17, 15) is 8.42 Å². The number of rotatable bonds is 11. The van der Waals surface area contributed by atoms with Crippen LogP contribution in [0.4, 0.5) is 0 Å². The second kappa shape index (κ2) is 10.4. The van der Waals surface area contributed by atoms with Gasteiger partial charge in [-0.15, -0.1) is 0 Å². The molecule has 0 radical (unpaired) electrons. The zero-order valence-corrected chi connectivity index (χ0v) is 11.7. The van der Waals surface area contributed by atoms with Gasteiger partial charge in [-0.25, -0.2) is 13.1 Å². The number of nitrogens with one attached hydrogen (secondary N) is 1. The van der Waals surface area contributed by atoms with Crippen molar-refractivity contribution in [1.82, 2.24) is 4.72 Å². The first-order valence-corrected chi connectivity index (χ1v) is 8.83. The van der Waals surface area contributed by atoms with E-state index in [4.69, 9.17) is 5.73 Å². The summed E-state index contributed by atoms with van der Waals surface area (Å²) in [6, 6.07) is 0. The van der Waals surface area contributed by atoms with Crippen molar-refractivity contribution in [3.05, 3.63) is 0 Å². The van der Waals surface area contributed by atoms with Crippen molar-refractivity contribution in [2.75, 3.05) is 30.9 Å². The van der Waals surface area contributed by atoms with Gasteiger partial charge in [-0.05, 0) is 44.2 Å². The third-order valence-corrected chi connectivity index (χ3v) is 4.38. The van der Waals surface area contributed by atoms with Gasteiger partial charge < -0.3 is 5.73 Å². The van der Waals surface area contributed by atoms with Crippen molar-refractivity contribution in [2.24, 2.45) is 5.73 Å². The van der Waals surface area contributed by atoms with Crippen LogP contribution in [0, 0.1) is 0 Å². The van der Waals surface area contributed by atoms with Gasteiger partial charge in [0.1, 0.15) is 0 Å². The van der Waals surface area contributed by atoms with Gasteiger partial charge in [-0.1, -0.05) is 6.42 Å². The van der Waals surface area contributed by atoms with E-state index in [2.05, 4.69) is 11.0 Å². The molecule has 0 unspecified atom stereocenters. The summed E-state index contributed by atoms with van der Waals surface area (Å²) in [4.78, 5) is 0. The molecule has 0 aromatic heterocycles. The van der Waals surface area contributed by atoms with Crippen molar-refractivity contribution < 1.29 is 8.42 Å². The third kappa shape index (κ3) is 10.7. The van der Waals surface area contributed by atoms with Crippen molar-refractivity contribution in [3.63, 3.8) is 0 Å². The van der Waals surface area contributed by atoms with Gasteiger partial charge in [-0.2, -0.15) is 11.8 Å². The Hall–Kier alpha value is 0.220. The normalized spacial score (nSPS) is 11.9. The van der Waals surface area contributed by atoms with Crippen LogP contribution in [0.5, 0.6) is 0 Å². The predicted molar refractivity (Wildman–Crippen MR) is 72.3 cm³/mol. The Morgan fingerprint density at radius 2 is 1.88 bits per heavy atom. The molecule has 0 atom stereocenters. The van der Waals surface area contributed by atoms with Gasteiger partial charge in [-0.3, -0.25) is 0 Å². The van der Waals surface area contributed by atoms with Crippen molar-refractivity contribution in [3.8, 4) is 0 Å². The Morgan fingerprint density at radius 3 is 2.50 bits per heavy atom. The van der Waals surface area contributed by atoms with E-state index < -0.39 is 10.0 Å². The molecule has 0 aliphatic carbocycles. The van der Waals surface area contributed by atoms with Crippen LogP contribution in [0.15, 0.2) is 0 Å². The highest BCUT2D eigenvalue weighted by Gasteiger charge is 2.07. The average Bonchev–Trinajstić information content (AvgIpc) is 2.23. The van der Waals surface area contributed by atoms with Crippen molar-refractivity contribution in [2.45, 2.75) is 32.1 Å². The number of unbranched alkanes of at least 4 members (excludes halogenated alkanes) is 3. The lowest BCUT2D eigenvalue weighted by atomic mass is 10.2. The van der Waals surface area contributed by atoms with Gasteiger partial charge in [0.05, 0.1) is 5.75 Å². The van der Waals surface area contributed by atoms with E-state index in [1.807, 2.05) is 11.8 Å². The summed E-state index contributed by atoms with van der Waals surface area (Å²) in [7, 11) is -3.06. The van der Waals surface area contributed by atoms with Gasteiger partial charge in [0.25, 0.3) is 0 Å². The average molecular weight is 268 g/mol. The Morgan fingerprint density at radius 1 is 1.12 bits per heavy atom. The van der Waals surface area contributed by atoms with Crippen molar-refractivity contribution in [1.29, 1.82) is 0 Å². The molecular weight excluding hydrogens is 244 g/mol. The molecule has 6 heteroatoms. The highest BCUT2D eigenvalue weighted by Crippen LogP contribution is 2.02. The van der Waals surface area contributed by atoms with E-state index in [1.54, 1.807) is 0 Å². The number of nitrogens with two attached hydrogens (primary N) is 1. The highest BCUT2D eigenvalue weighted by molar-refractivity contribution is 7.98. The molecule has 4 nitrogen and oxygen atoms in total. The molecule has 0 aliphatic heterocycles. The molecule has 0 aromatic rings. The fraction of sp³-hybridized carbons (Fsp3) is 1.00. The van der Waals surface area contributed by atoms with Gasteiger partial charge >= 0.3 is 0 Å². The summed E-state index contributed by atoms with van der Waals surface area (Å²) in [6.45, 7) is 1.13. The highest BCUT2D eigenvalue weighted by atomic mass is 32.2. The summed E-state index contributed by atoms with van der Waals surface area (Å²) in [5.41, 5.74) is 5.31.